The summed E-state index contributed by atoms with van der Waals surface area (Å²) in [7, 11) is 0. The molecule has 0 spiro atoms. The van der Waals surface area contributed by atoms with Crippen molar-refractivity contribution in [3.05, 3.63) is 0 Å². The number of hydrogen-bond acceptors (Lipinski definition) is 2. The summed E-state index contributed by atoms with van der Waals surface area (Å²) in [5.74, 6) is 0. The Bertz CT molecular complexity index is 347. The Kier molecular flexibility index (Phi) is 4.26. The minimum absolute atomic E-state index is 0.180. The first-order chi connectivity index (χ1) is 8.93. The maximum absolute atomic E-state index is 11.3. The second kappa shape index (κ2) is 5.44. The third kappa shape index (κ3) is 2.97. The van der Waals surface area contributed by atoms with Gasteiger partial charge >= 0.3 is 0 Å². The van der Waals surface area contributed by atoms with Crippen LogP contribution in [-0.4, -0.2) is 10.7 Å². The fraction of sp³-hybridized carbons (Fsp3) is 0.941. The van der Waals surface area contributed by atoms with Crippen molar-refractivity contribution < 1.29 is 5.11 Å². The summed E-state index contributed by atoms with van der Waals surface area (Å²) in [4.78, 5) is 0. The van der Waals surface area contributed by atoms with Crippen LogP contribution < -0.4 is 0 Å². The molecular weight excluding hydrogens is 234 g/mol. The number of rotatable bonds is 1. The first-order valence-electron chi connectivity index (χ1n) is 8.07. The molecule has 0 aliphatic heterocycles. The Morgan fingerprint density at radius 1 is 0.842 bits per heavy atom. The fourth-order valence-corrected chi connectivity index (χ4v) is 4.43. The Morgan fingerprint density at radius 3 is 1.95 bits per heavy atom. The van der Waals surface area contributed by atoms with E-state index in [4.69, 9.17) is 0 Å². The predicted molar refractivity (Wildman–Crippen MR) is 77.6 cm³/mol. The molecular formula is C17H29NO. The molecule has 0 radical (unpaired) electrons. The summed E-state index contributed by atoms with van der Waals surface area (Å²) in [5.41, 5.74) is -1.05. The summed E-state index contributed by atoms with van der Waals surface area (Å²) in [6, 6.07) is 2.58. The van der Waals surface area contributed by atoms with Crippen LogP contribution in [0.25, 0.3) is 0 Å². The lowest BCUT2D eigenvalue weighted by Crippen LogP contribution is -2.52. The fourth-order valence-electron chi connectivity index (χ4n) is 4.43. The SMILES string of the molecule is CC1(C)CCCC(O)(C2(C#N)CCCCCCC2)C1. The first kappa shape index (κ1) is 14.9. The number of aliphatic hydroxyl groups is 1. The van der Waals surface area contributed by atoms with Gasteiger partial charge in [-0.05, 0) is 37.5 Å². The molecule has 0 saturated heterocycles. The van der Waals surface area contributed by atoms with Crippen molar-refractivity contribution >= 4 is 0 Å². The highest BCUT2D eigenvalue weighted by atomic mass is 16.3. The lowest BCUT2D eigenvalue weighted by Gasteiger charge is -2.50. The molecule has 2 aliphatic carbocycles. The summed E-state index contributed by atoms with van der Waals surface area (Å²) >= 11 is 0. The zero-order chi connectivity index (χ0) is 14.0. The first-order valence-corrected chi connectivity index (χ1v) is 8.07. The zero-order valence-corrected chi connectivity index (χ0v) is 12.7. The number of nitrogens with zero attached hydrogens (tertiary/aromatic N) is 1. The van der Waals surface area contributed by atoms with Crippen LogP contribution in [0.3, 0.4) is 0 Å². The van der Waals surface area contributed by atoms with E-state index in [1.807, 2.05) is 0 Å². The van der Waals surface area contributed by atoms with Gasteiger partial charge in [-0.15, -0.1) is 0 Å². The van der Waals surface area contributed by atoms with Crippen LogP contribution in [0.15, 0.2) is 0 Å². The average Bonchev–Trinajstić information content (AvgIpc) is 2.27. The lowest BCUT2D eigenvalue weighted by molar-refractivity contribution is -0.120. The maximum atomic E-state index is 11.3. The van der Waals surface area contributed by atoms with E-state index in [1.165, 1.54) is 25.7 Å². The van der Waals surface area contributed by atoms with E-state index in [-0.39, 0.29) is 5.41 Å². The topological polar surface area (TPSA) is 44.0 Å². The number of hydrogen-bond donors (Lipinski definition) is 1. The van der Waals surface area contributed by atoms with Crippen LogP contribution in [-0.2, 0) is 0 Å². The van der Waals surface area contributed by atoms with Gasteiger partial charge in [-0.25, -0.2) is 0 Å². The molecule has 2 fully saturated rings. The van der Waals surface area contributed by atoms with Crippen molar-refractivity contribution in [3.8, 4) is 6.07 Å². The molecule has 108 valence electrons. The molecule has 0 aromatic heterocycles. The Hall–Kier alpha value is -0.550. The third-order valence-corrected chi connectivity index (χ3v) is 5.53. The lowest BCUT2D eigenvalue weighted by atomic mass is 9.56. The molecule has 2 nitrogen and oxygen atoms in total. The van der Waals surface area contributed by atoms with Gasteiger partial charge in [0.05, 0.1) is 17.1 Å². The normalized spacial score (nSPS) is 34.8. The second-order valence-corrected chi connectivity index (χ2v) is 7.69. The van der Waals surface area contributed by atoms with E-state index in [0.29, 0.717) is 0 Å². The summed E-state index contributed by atoms with van der Waals surface area (Å²) in [6.45, 7) is 4.48. The monoisotopic (exact) mass is 263 g/mol. The minimum atomic E-state index is -0.749. The molecule has 2 saturated carbocycles. The van der Waals surface area contributed by atoms with Crippen molar-refractivity contribution in [1.29, 1.82) is 5.26 Å². The van der Waals surface area contributed by atoms with Crippen LogP contribution in [0, 0.1) is 22.2 Å². The van der Waals surface area contributed by atoms with E-state index in [2.05, 4.69) is 19.9 Å². The Morgan fingerprint density at radius 2 is 1.42 bits per heavy atom. The molecule has 1 N–H and O–H groups in total. The van der Waals surface area contributed by atoms with E-state index in [1.54, 1.807) is 0 Å². The molecule has 2 aliphatic rings. The van der Waals surface area contributed by atoms with Crippen molar-refractivity contribution in [2.75, 3.05) is 0 Å². The summed E-state index contributed by atoms with van der Waals surface area (Å²) in [5, 5.41) is 21.1. The van der Waals surface area contributed by atoms with Crippen molar-refractivity contribution in [2.24, 2.45) is 10.8 Å². The summed E-state index contributed by atoms with van der Waals surface area (Å²) in [6.07, 6.45) is 11.6. The van der Waals surface area contributed by atoms with Crippen molar-refractivity contribution in [2.45, 2.75) is 90.1 Å². The highest BCUT2D eigenvalue weighted by molar-refractivity contribution is 5.14. The van der Waals surface area contributed by atoms with Crippen LogP contribution in [0.4, 0.5) is 0 Å². The molecule has 0 aromatic carbocycles. The highest BCUT2D eigenvalue weighted by Gasteiger charge is 2.53. The summed E-state index contributed by atoms with van der Waals surface area (Å²) < 4.78 is 0. The van der Waals surface area contributed by atoms with Gasteiger partial charge < -0.3 is 5.11 Å². The molecule has 0 amide bonds. The molecule has 2 heteroatoms. The standard InChI is InChI=1S/C17H29NO/c1-15(2)9-8-12-17(19,13-15)16(14-18)10-6-4-3-5-7-11-16/h19H,3-13H2,1-2H3. The van der Waals surface area contributed by atoms with Crippen LogP contribution in [0.5, 0.6) is 0 Å². The van der Waals surface area contributed by atoms with Gasteiger partial charge in [-0.1, -0.05) is 52.4 Å². The van der Waals surface area contributed by atoms with Crippen LogP contribution >= 0.6 is 0 Å². The third-order valence-electron chi connectivity index (χ3n) is 5.53. The van der Waals surface area contributed by atoms with Gasteiger partial charge in [0.25, 0.3) is 0 Å². The molecule has 2 rings (SSSR count). The Labute approximate surface area is 118 Å². The van der Waals surface area contributed by atoms with Crippen LogP contribution in [0.1, 0.15) is 84.5 Å². The van der Waals surface area contributed by atoms with Gasteiger partial charge in [0.2, 0.25) is 0 Å². The maximum Gasteiger partial charge on any atom is 0.0860 e. The predicted octanol–water partition coefficient (Wildman–Crippen LogP) is 4.57. The smallest absolute Gasteiger partial charge is 0.0860 e. The van der Waals surface area contributed by atoms with Crippen molar-refractivity contribution in [1.82, 2.24) is 0 Å². The Balaban J connectivity index is 2.25. The van der Waals surface area contributed by atoms with Gasteiger partial charge in [-0.3, -0.25) is 0 Å². The molecule has 0 aromatic rings. The minimum Gasteiger partial charge on any atom is -0.388 e. The highest BCUT2D eigenvalue weighted by Crippen LogP contribution is 2.53. The van der Waals surface area contributed by atoms with Gasteiger partial charge in [0.1, 0.15) is 0 Å². The van der Waals surface area contributed by atoms with Crippen molar-refractivity contribution in [3.63, 3.8) is 0 Å². The molecule has 0 heterocycles. The quantitative estimate of drug-likeness (QED) is 0.753. The number of nitriles is 1. The largest absolute Gasteiger partial charge is 0.388 e. The molecule has 1 atom stereocenters. The molecule has 0 bridgehead atoms. The second-order valence-electron chi connectivity index (χ2n) is 7.69. The zero-order valence-electron chi connectivity index (χ0n) is 12.7. The van der Waals surface area contributed by atoms with E-state index < -0.39 is 11.0 Å². The van der Waals surface area contributed by atoms with Gasteiger partial charge in [-0.2, -0.15) is 5.26 Å². The van der Waals surface area contributed by atoms with E-state index >= 15 is 0 Å². The van der Waals surface area contributed by atoms with Gasteiger partial charge in [0.15, 0.2) is 0 Å². The van der Waals surface area contributed by atoms with E-state index in [9.17, 15) is 10.4 Å². The van der Waals surface area contributed by atoms with E-state index in [0.717, 1.165) is 44.9 Å². The average molecular weight is 263 g/mol. The molecule has 1 unspecified atom stereocenters. The van der Waals surface area contributed by atoms with Gasteiger partial charge in [0, 0.05) is 0 Å². The molecule has 19 heavy (non-hydrogen) atoms. The van der Waals surface area contributed by atoms with Crippen LogP contribution in [0.2, 0.25) is 0 Å².